The number of amides is 1. The van der Waals surface area contributed by atoms with Crippen molar-refractivity contribution >= 4 is 31.6 Å². The third kappa shape index (κ3) is 3.95. The fourth-order valence-electron chi connectivity index (χ4n) is 4.50. The number of piperidine rings is 1. The predicted molar refractivity (Wildman–Crippen MR) is 110 cm³/mol. The summed E-state index contributed by atoms with van der Waals surface area (Å²) in [4.78, 5) is 15.1. The highest BCUT2D eigenvalue weighted by Gasteiger charge is 2.35. The Balaban J connectivity index is 1.49. The molecule has 2 saturated heterocycles. The Morgan fingerprint density at radius 3 is 2.21 bits per heavy atom. The fraction of sp³-hybridized carbons (Fsp3) is 0.632. The van der Waals surface area contributed by atoms with Gasteiger partial charge in [0.15, 0.2) is 0 Å². The SMILES string of the molecule is CS(=O)(=O)N1CCC(C(=O)N2CCc3cc(S(=O)(=O)N4CCCC4)ccc32)CC1. The lowest BCUT2D eigenvalue weighted by molar-refractivity contribution is -0.123. The number of hydrogen-bond donors (Lipinski definition) is 0. The van der Waals surface area contributed by atoms with E-state index in [0.717, 1.165) is 24.1 Å². The Bertz CT molecular complexity index is 1010. The lowest BCUT2D eigenvalue weighted by Crippen LogP contribution is -2.43. The van der Waals surface area contributed by atoms with Gasteiger partial charge in [-0.3, -0.25) is 4.79 Å². The lowest BCUT2D eigenvalue weighted by Gasteiger charge is -2.32. The Morgan fingerprint density at radius 1 is 0.931 bits per heavy atom. The Kier molecular flexibility index (Phi) is 5.47. The van der Waals surface area contributed by atoms with E-state index in [0.29, 0.717) is 56.9 Å². The quantitative estimate of drug-likeness (QED) is 0.696. The minimum Gasteiger partial charge on any atom is -0.312 e. The minimum atomic E-state index is -3.47. The number of anilines is 1. The van der Waals surface area contributed by atoms with Crippen molar-refractivity contribution in [2.75, 3.05) is 43.9 Å². The number of carbonyl (C=O) groups excluding carboxylic acids is 1. The molecule has 0 aromatic heterocycles. The summed E-state index contributed by atoms with van der Waals surface area (Å²) < 4.78 is 51.9. The molecule has 3 aliphatic heterocycles. The standard InChI is InChI=1S/C19H27N3O5S2/c1-28(24,25)20-11-6-15(7-12-20)19(23)22-13-8-16-14-17(4-5-18(16)22)29(26,27)21-9-2-3-10-21/h4-5,14-15H,2-3,6-13H2,1H3. The highest BCUT2D eigenvalue weighted by Crippen LogP contribution is 2.34. The van der Waals surface area contributed by atoms with Crippen LogP contribution in [0.4, 0.5) is 5.69 Å². The van der Waals surface area contributed by atoms with Crippen LogP contribution >= 0.6 is 0 Å². The molecule has 1 amide bonds. The van der Waals surface area contributed by atoms with Gasteiger partial charge in [0.25, 0.3) is 0 Å². The van der Waals surface area contributed by atoms with Gasteiger partial charge in [0, 0.05) is 44.3 Å². The molecule has 160 valence electrons. The van der Waals surface area contributed by atoms with Crippen LogP contribution in [-0.2, 0) is 31.3 Å². The first-order valence-electron chi connectivity index (χ1n) is 10.1. The van der Waals surface area contributed by atoms with Crippen molar-refractivity contribution in [3.8, 4) is 0 Å². The number of benzene rings is 1. The first-order chi connectivity index (χ1) is 13.7. The summed E-state index contributed by atoms with van der Waals surface area (Å²) in [5.41, 5.74) is 1.66. The van der Waals surface area contributed by atoms with Crippen LogP contribution < -0.4 is 4.90 Å². The molecule has 1 aromatic rings. The molecule has 3 heterocycles. The van der Waals surface area contributed by atoms with Crippen molar-refractivity contribution in [3.05, 3.63) is 23.8 Å². The van der Waals surface area contributed by atoms with Crippen LogP contribution in [0.3, 0.4) is 0 Å². The zero-order valence-corrected chi connectivity index (χ0v) is 18.2. The largest absolute Gasteiger partial charge is 0.312 e. The molecule has 0 saturated carbocycles. The second kappa shape index (κ2) is 7.64. The molecule has 29 heavy (non-hydrogen) atoms. The van der Waals surface area contributed by atoms with Crippen LogP contribution in [0, 0.1) is 5.92 Å². The molecule has 3 aliphatic rings. The average Bonchev–Trinajstić information content (AvgIpc) is 3.36. The maximum absolute atomic E-state index is 13.0. The van der Waals surface area contributed by atoms with E-state index in [-0.39, 0.29) is 11.8 Å². The Hall–Kier alpha value is -1.49. The topological polar surface area (TPSA) is 95.1 Å². The lowest BCUT2D eigenvalue weighted by atomic mass is 9.96. The van der Waals surface area contributed by atoms with Crippen molar-refractivity contribution < 1.29 is 21.6 Å². The first-order valence-corrected chi connectivity index (χ1v) is 13.4. The van der Waals surface area contributed by atoms with Crippen LogP contribution in [0.15, 0.2) is 23.1 Å². The molecule has 4 rings (SSSR count). The van der Waals surface area contributed by atoms with Gasteiger partial charge in [0.2, 0.25) is 26.0 Å². The number of fused-ring (bicyclic) bond motifs is 1. The number of hydrogen-bond acceptors (Lipinski definition) is 5. The molecule has 10 heteroatoms. The molecule has 8 nitrogen and oxygen atoms in total. The number of carbonyl (C=O) groups is 1. The smallest absolute Gasteiger partial charge is 0.243 e. The van der Waals surface area contributed by atoms with Crippen LogP contribution in [0.1, 0.15) is 31.2 Å². The molecule has 2 fully saturated rings. The van der Waals surface area contributed by atoms with Gasteiger partial charge in [0.1, 0.15) is 0 Å². The van der Waals surface area contributed by atoms with Gasteiger partial charge in [-0.15, -0.1) is 0 Å². The second-order valence-electron chi connectivity index (χ2n) is 8.08. The molecule has 0 radical (unpaired) electrons. The van der Waals surface area contributed by atoms with Crippen LogP contribution in [0.25, 0.3) is 0 Å². The third-order valence-corrected chi connectivity index (χ3v) is 9.39. The molecule has 1 aromatic carbocycles. The van der Waals surface area contributed by atoms with Gasteiger partial charge >= 0.3 is 0 Å². The van der Waals surface area contributed by atoms with Gasteiger partial charge in [-0.2, -0.15) is 4.31 Å². The summed E-state index contributed by atoms with van der Waals surface area (Å²) in [6, 6.07) is 5.06. The summed E-state index contributed by atoms with van der Waals surface area (Å²) in [7, 11) is -6.69. The monoisotopic (exact) mass is 441 g/mol. The van der Waals surface area contributed by atoms with E-state index < -0.39 is 20.0 Å². The number of rotatable bonds is 4. The summed E-state index contributed by atoms with van der Waals surface area (Å²) >= 11 is 0. The minimum absolute atomic E-state index is 0.00653. The van der Waals surface area contributed by atoms with E-state index in [1.165, 1.54) is 14.9 Å². The summed E-state index contributed by atoms with van der Waals surface area (Å²) in [6.45, 7) is 2.39. The molecule has 0 unspecified atom stereocenters. The molecule has 0 bridgehead atoms. The fourth-order valence-corrected chi connectivity index (χ4v) is 6.94. The van der Waals surface area contributed by atoms with Gasteiger partial charge in [-0.1, -0.05) is 0 Å². The maximum Gasteiger partial charge on any atom is 0.243 e. The summed E-state index contributed by atoms with van der Waals surface area (Å²) in [5, 5.41) is 0. The highest BCUT2D eigenvalue weighted by atomic mass is 32.2. The molecular formula is C19H27N3O5S2. The molecule has 0 aliphatic carbocycles. The molecule has 0 N–H and O–H groups in total. The average molecular weight is 442 g/mol. The van der Waals surface area contributed by atoms with Crippen molar-refractivity contribution in [1.29, 1.82) is 0 Å². The van der Waals surface area contributed by atoms with Crippen molar-refractivity contribution in [3.63, 3.8) is 0 Å². The normalized spacial score (nSPS) is 22.2. The molecular weight excluding hydrogens is 414 g/mol. The van der Waals surface area contributed by atoms with Crippen LogP contribution in [-0.4, -0.2) is 70.3 Å². The van der Waals surface area contributed by atoms with Gasteiger partial charge in [0.05, 0.1) is 11.2 Å². The summed E-state index contributed by atoms with van der Waals surface area (Å²) in [6.07, 6.45) is 4.64. The predicted octanol–water partition coefficient (Wildman–Crippen LogP) is 1.03. The van der Waals surface area contributed by atoms with E-state index in [1.807, 2.05) is 0 Å². The second-order valence-corrected chi connectivity index (χ2v) is 12.0. The zero-order chi connectivity index (χ0) is 20.8. The van der Waals surface area contributed by atoms with Crippen LogP contribution in [0.5, 0.6) is 0 Å². The van der Waals surface area contributed by atoms with E-state index in [9.17, 15) is 21.6 Å². The maximum atomic E-state index is 13.0. The van der Waals surface area contributed by atoms with E-state index in [4.69, 9.17) is 0 Å². The Morgan fingerprint density at radius 2 is 1.59 bits per heavy atom. The van der Waals surface area contributed by atoms with Gasteiger partial charge in [-0.05, 0) is 55.9 Å². The van der Waals surface area contributed by atoms with Gasteiger partial charge in [-0.25, -0.2) is 21.1 Å². The van der Waals surface area contributed by atoms with Crippen molar-refractivity contribution in [2.24, 2.45) is 5.92 Å². The van der Waals surface area contributed by atoms with Crippen molar-refractivity contribution in [2.45, 2.75) is 37.0 Å². The van der Waals surface area contributed by atoms with E-state index in [1.54, 1.807) is 23.1 Å². The van der Waals surface area contributed by atoms with Crippen LogP contribution in [0.2, 0.25) is 0 Å². The molecule has 0 spiro atoms. The highest BCUT2D eigenvalue weighted by molar-refractivity contribution is 7.89. The molecule has 0 atom stereocenters. The van der Waals surface area contributed by atoms with Gasteiger partial charge < -0.3 is 4.90 Å². The van der Waals surface area contributed by atoms with Crippen molar-refractivity contribution in [1.82, 2.24) is 8.61 Å². The third-order valence-electron chi connectivity index (χ3n) is 6.19. The Labute approximate surface area is 172 Å². The van der Waals surface area contributed by atoms with E-state index in [2.05, 4.69) is 0 Å². The number of sulfonamides is 2. The summed E-state index contributed by atoms with van der Waals surface area (Å²) in [5.74, 6) is -0.195. The van der Waals surface area contributed by atoms with E-state index >= 15 is 0 Å². The number of nitrogens with zero attached hydrogens (tertiary/aromatic N) is 3. The zero-order valence-electron chi connectivity index (χ0n) is 16.6. The first kappa shape index (κ1) is 20.8.